The van der Waals surface area contributed by atoms with Crippen molar-refractivity contribution in [1.82, 2.24) is 0 Å². The quantitative estimate of drug-likeness (QED) is 0.539. The van der Waals surface area contributed by atoms with Crippen LogP contribution in [-0.2, 0) is 45.4 Å². The predicted molar refractivity (Wildman–Crippen MR) is 39.5 cm³/mol. The van der Waals surface area contributed by atoms with Gasteiger partial charge in [-0.2, -0.15) is 0 Å². The van der Waals surface area contributed by atoms with E-state index in [4.69, 9.17) is 24.4 Å². The van der Waals surface area contributed by atoms with E-state index in [0.717, 1.165) is 33.0 Å². The van der Waals surface area contributed by atoms with Gasteiger partial charge in [0.15, 0.2) is 0 Å². The first-order valence-electron chi connectivity index (χ1n) is 3.98. The van der Waals surface area contributed by atoms with E-state index in [1.807, 2.05) is 6.92 Å². The van der Waals surface area contributed by atoms with Gasteiger partial charge in [-0.3, -0.25) is 4.79 Å². The van der Waals surface area contributed by atoms with Gasteiger partial charge in [0.25, 0.3) is 5.97 Å². The molecule has 0 unspecified atom stereocenters. The average molecular weight is 378 g/mol. The zero-order valence-corrected chi connectivity index (χ0v) is 13.4. The van der Waals surface area contributed by atoms with E-state index < -0.39 is 5.97 Å². The number of ether oxygens (including phenoxy) is 1. The van der Waals surface area contributed by atoms with E-state index in [2.05, 4.69) is 0 Å². The molecule has 0 bridgehead atoms. The summed E-state index contributed by atoms with van der Waals surface area (Å²) in [5.74, 6) is -0.833. The number of hydrogen-bond acceptors (Lipinski definition) is 4. The molecule has 13 heavy (non-hydrogen) atoms. The van der Waals surface area contributed by atoms with Crippen LogP contribution in [-0.4, -0.2) is 30.1 Å². The molecular formula is C7H13HgO5. The Labute approximate surface area is 93.2 Å². The van der Waals surface area contributed by atoms with Crippen LogP contribution in [0, 0.1) is 0 Å². The zero-order chi connectivity index (χ0) is 10.3. The van der Waals surface area contributed by atoms with Gasteiger partial charge in [0.05, 0.1) is 0 Å². The Morgan fingerprint density at radius 1 is 1.69 bits per heavy atom. The van der Waals surface area contributed by atoms with Crippen molar-refractivity contribution in [3.8, 4) is 0 Å². The molecule has 1 rings (SSSR count). The third-order valence-electron chi connectivity index (χ3n) is 1.16. The summed E-state index contributed by atoms with van der Waals surface area (Å²) < 4.78 is 6.51. The molecule has 1 aliphatic rings. The van der Waals surface area contributed by atoms with E-state index in [0.29, 0.717) is 12.7 Å². The number of carboxylic acids is 1. The molecule has 0 saturated carbocycles. The Balaban J connectivity index is 0.000000310. The second-order valence-corrected chi connectivity index (χ2v) is 4.76. The second kappa shape index (κ2) is 7.67. The van der Waals surface area contributed by atoms with Gasteiger partial charge in [-0.05, 0) is 0 Å². The van der Waals surface area contributed by atoms with Crippen LogP contribution in [0.4, 0.5) is 0 Å². The summed E-state index contributed by atoms with van der Waals surface area (Å²) >= 11 is 0.800. The van der Waals surface area contributed by atoms with Crippen LogP contribution in [0.5, 0.6) is 0 Å². The van der Waals surface area contributed by atoms with Crippen molar-refractivity contribution >= 4 is 5.97 Å². The van der Waals surface area contributed by atoms with Gasteiger partial charge in [-0.15, -0.1) is 0 Å². The molecule has 1 saturated heterocycles. The summed E-state index contributed by atoms with van der Waals surface area (Å²) in [6, 6.07) is 0. The molecule has 0 aromatic heterocycles. The van der Waals surface area contributed by atoms with Crippen molar-refractivity contribution in [2.75, 3.05) is 6.61 Å². The van der Waals surface area contributed by atoms with Crippen molar-refractivity contribution in [2.45, 2.75) is 30.2 Å². The van der Waals surface area contributed by atoms with Crippen molar-refractivity contribution < 1.29 is 50.5 Å². The Bertz CT molecular complexity index is 148. The number of rotatable bonds is 1. The van der Waals surface area contributed by atoms with E-state index in [9.17, 15) is 0 Å². The molecule has 1 N–H and O–H groups in total. The van der Waals surface area contributed by atoms with Gasteiger partial charge >= 0.3 is 70.5 Å². The molecule has 73 valence electrons. The van der Waals surface area contributed by atoms with Crippen LogP contribution in [0.3, 0.4) is 0 Å². The number of hydrogen-bond donors (Lipinski definition) is 1. The molecule has 0 aromatic rings. The molecule has 0 radical (unpaired) electrons. The van der Waals surface area contributed by atoms with Crippen LogP contribution in [0.25, 0.3) is 0 Å². The molecule has 2 atom stereocenters. The standard InChI is InChI=1S/C5H9O3.C2H4O2.Hg/c1-4-3-6-8-5(2)7-4;1-2(3)4;/h4-5H,1,3H2,2H3;1H3,(H,3,4);/t4-,5-;;/m1../s1. The minimum absolute atomic E-state index is 0.174. The zero-order valence-electron chi connectivity index (χ0n) is 7.86. The van der Waals surface area contributed by atoms with Gasteiger partial charge < -0.3 is 5.11 Å². The minimum atomic E-state index is -0.833. The SMILES string of the molecule is CC(=O)O.C[C@H]1OOC[C@@H]([CH2][Hg])O1. The first-order valence-corrected chi connectivity index (χ1v) is 7.87. The fraction of sp³-hybridized carbons (Fsp3) is 0.857. The van der Waals surface area contributed by atoms with Gasteiger partial charge in [0, 0.05) is 6.92 Å². The normalized spacial score (nSPS) is 27.4. The van der Waals surface area contributed by atoms with Crippen LogP contribution < -0.4 is 0 Å². The third kappa shape index (κ3) is 8.61. The van der Waals surface area contributed by atoms with E-state index in [1.54, 1.807) is 0 Å². The van der Waals surface area contributed by atoms with E-state index in [-0.39, 0.29) is 6.29 Å². The molecule has 5 nitrogen and oxygen atoms in total. The Morgan fingerprint density at radius 3 is 2.54 bits per heavy atom. The molecule has 1 aliphatic heterocycles. The van der Waals surface area contributed by atoms with Gasteiger partial charge in [0.2, 0.25) is 0 Å². The molecule has 1 heterocycles. The Morgan fingerprint density at radius 2 is 2.23 bits per heavy atom. The fourth-order valence-electron chi connectivity index (χ4n) is 0.695. The van der Waals surface area contributed by atoms with E-state index in [1.165, 1.54) is 3.93 Å². The summed E-state index contributed by atoms with van der Waals surface area (Å²) in [5, 5.41) is 7.42. The molecular weight excluding hydrogens is 365 g/mol. The van der Waals surface area contributed by atoms with Crippen LogP contribution in [0.2, 0.25) is 3.93 Å². The summed E-state index contributed by atoms with van der Waals surface area (Å²) in [5.41, 5.74) is 0. The summed E-state index contributed by atoms with van der Waals surface area (Å²) in [4.78, 5) is 18.5. The van der Waals surface area contributed by atoms with Gasteiger partial charge in [0.1, 0.15) is 0 Å². The molecule has 0 aliphatic carbocycles. The topological polar surface area (TPSA) is 65.0 Å². The Kier molecular flexibility index (Phi) is 7.84. The summed E-state index contributed by atoms with van der Waals surface area (Å²) in [6.07, 6.45) is 0.129. The number of carbonyl (C=O) groups is 1. The molecule has 0 aromatic carbocycles. The van der Waals surface area contributed by atoms with E-state index >= 15 is 0 Å². The summed E-state index contributed by atoms with van der Waals surface area (Å²) in [7, 11) is 0. The maximum absolute atomic E-state index is 9.00. The van der Waals surface area contributed by atoms with Crippen LogP contribution in [0.15, 0.2) is 0 Å². The van der Waals surface area contributed by atoms with Gasteiger partial charge in [-0.25, -0.2) is 0 Å². The van der Waals surface area contributed by atoms with Crippen molar-refractivity contribution in [1.29, 1.82) is 0 Å². The van der Waals surface area contributed by atoms with Crippen LogP contribution in [0.1, 0.15) is 13.8 Å². The second-order valence-electron chi connectivity index (χ2n) is 2.51. The molecule has 1 fully saturated rings. The van der Waals surface area contributed by atoms with Crippen molar-refractivity contribution in [3.63, 3.8) is 0 Å². The van der Waals surface area contributed by atoms with Crippen molar-refractivity contribution in [3.05, 3.63) is 0 Å². The average Bonchev–Trinajstić information content (AvgIpc) is 2.03. The number of aliphatic carboxylic acids is 1. The monoisotopic (exact) mass is 379 g/mol. The predicted octanol–water partition coefficient (Wildman–Crippen LogP) is 0.735. The Hall–Kier alpha value is 0.285. The van der Waals surface area contributed by atoms with Crippen molar-refractivity contribution in [2.24, 2.45) is 0 Å². The maximum atomic E-state index is 9.00. The number of carboxylic acid groups (broad SMARTS) is 1. The molecule has 0 spiro atoms. The molecule has 6 heteroatoms. The first-order chi connectivity index (χ1) is 6.06. The first kappa shape index (κ1) is 13.3. The van der Waals surface area contributed by atoms with Gasteiger partial charge in [-0.1, -0.05) is 0 Å². The van der Waals surface area contributed by atoms with Crippen LogP contribution >= 0.6 is 0 Å². The molecule has 0 amide bonds. The fourth-order valence-corrected chi connectivity index (χ4v) is 1.87. The summed E-state index contributed by atoms with van der Waals surface area (Å²) in [6.45, 7) is 3.53. The third-order valence-corrected chi connectivity index (χ3v) is 3.67.